The summed E-state index contributed by atoms with van der Waals surface area (Å²) < 4.78 is 0. The molecule has 1 aromatic carbocycles. The number of aliphatic imine (C=N–C) groups is 1. The Hall–Kier alpha value is -4.93. The third kappa shape index (κ3) is 13.9. The van der Waals surface area contributed by atoms with Gasteiger partial charge in [-0.15, -0.1) is 0 Å². The van der Waals surface area contributed by atoms with Gasteiger partial charge in [0.2, 0.25) is 17.7 Å². The molecule has 13 N–H and O–H groups in total. The van der Waals surface area contributed by atoms with Crippen molar-refractivity contribution in [3.05, 3.63) is 29.8 Å². The van der Waals surface area contributed by atoms with E-state index in [1.165, 1.54) is 24.3 Å². The zero-order valence-corrected chi connectivity index (χ0v) is 22.7. The molecule has 1 rings (SSSR count). The average Bonchev–Trinajstić information content (AvgIpc) is 2.91. The lowest BCUT2D eigenvalue weighted by Gasteiger charge is -2.25. The summed E-state index contributed by atoms with van der Waals surface area (Å²) in [6.07, 6.45) is -1.61. The van der Waals surface area contributed by atoms with Gasteiger partial charge < -0.3 is 53.6 Å². The van der Waals surface area contributed by atoms with Gasteiger partial charge in [-0.3, -0.25) is 29.0 Å². The van der Waals surface area contributed by atoms with Gasteiger partial charge in [0.25, 0.3) is 0 Å². The van der Waals surface area contributed by atoms with E-state index in [2.05, 4.69) is 20.9 Å². The Kier molecular flexibility index (Phi) is 14.8. The van der Waals surface area contributed by atoms with Crippen LogP contribution in [0.3, 0.4) is 0 Å². The summed E-state index contributed by atoms with van der Waals surface area (Å²) in [6.45, 7) is 0.199. The molecule has 1 aromatic rings. The van der Waals surface area contributed by atoms with Crippen LogP contribution in [-0.2, 0) is 35.2 Å². The number of nitrogens with two attached hydrogens (primary N) is 3. The maximum atomic E-state index is 13.2. The molecule has 0 radical (unpaired) electrons. The third-order valence-electron chi connectivity index (χ3n) is 5.85. The van der Waals surface area contributed by atoms with E-state index in [4.69, 9.17) is 27.4 Å². The van der Waals surface area contributed by atoms with Gasteiger partial charge in [-0.1, -0.05) is 12.1 Å². The number of phenols is 1. The van der Waals surface area contributed by atoms with Crippen LogP contribution in [0.2, 0.25) is 0 Å². The minimum Gasteiger partial charge on any atom is -0.508 e. The lowest BCUT2D eigenvalue weighted by molar-refractivity contribution is -0.143. The fourth-order valence-electron chi connectivity index (χ4n) is 3.61. The maximum absolute atomic E-state index is 13.2. The molecule has 42 heavy (non-hydrogen) atoms. The quantitative estimate of drug-likeness (QED) is 0.0453. The van der Waals surface area contributed by atoms with Gasteiger partial charge in [-0.2, -0.15) is 0 Å². The van der Waals surface area contributed by atoms with Crippen molar-refractivity contribution in [3.8, 4) is 5.75 Å². The Bertz CT molecular complexity index is 1140. The van der Waals surface area contributed by atoms with Crippen LogP contribution in [0.1, 0.15) is 44.1 Å². The van der Waals surface area contributed by atoms with E-state index in [0.717, 1.165) is 0 Å². The third-order valence-corrected chi connectivity index (χ3v) is 5.85. The molecule has 3 amide bonds. The first-order valence-electron chi connectivity index (χ1n) is 12.9. The van der Waals surface area contributed by atoms with E-state index < -0.39 is 79.1 Å². The van der Waals surface area contributed by atoms with Crippen LogP contribution < -0.4 is 33.2 Å². The van der Waals surface area contributed by atoms with Gasteiger partial charge >= 0.3 is 17.9 Å². The number of rotatable bonds is 19. The summed E-state index contributed by atoms with van der Waals surface area (Å²) >= 11 is 0. The largest absolute Gasteiger partial charge is 0.508 e. The summed E-state index contributed by atoms with van der Waals surface area (Å²) in [5, 5.41) is 44.0. The van der Waals surface area contributed by atoms with Crippen LogP contribution >= 0.6 is 0 Å². The second-order valence-corrected chi connectivity index (χ2v) is 9.31. The standard InChI is InChI=1S/C25H37N7O10/c26-15(2-1-11-29-25(27)28)21(38)30-16(7-9-19(34)35)22(39)32-18(12-13-3-5-14(33)6-4-13)23(40)31-17(24(41)42)8-10-20(36)37/h3-6,15-18,33H,1-2,7-12,26H2,(H,30,38)(H,31,40)(H,32,39)(H,34,35)(H,36,37)(H,41,42)(H4,27,28,29). The molecule has 0 aliphatic heterocycles. The van der Waals surface area contributed by atoms with Crippen molar-refractivity contribution < 1.29 is 49.2 Å². The Morgan fingerprint density at radius 3 is 1.76 bits per heavy atom. The fraction of sp³-hybridized carbons (Fsp3) is 0.480. The average molecular weight is 596 g/mol. The number of guanidine groups is 1. The number of amides is 3. The van der Waals surface area contributed by atoms with Crippen LogP contribution in [0.5, 0.6) is 5.75 Å². The van der Waals surface area contributed by atoms with E-state index >= 15 is 0 Å². The monoisotopic (exact) mass is 595 g/mol. The van der Waals surface area contributed by atoms with Crippen LogP contribution in [0.25, 0.3) is 0 Å². The number of carbonyl (C=O) groups is 6. The van der Waals surface area contributed by atoms with E-state index in [1.54, 1.807) is 0 Å². The topological polar surface area (TPSA) is 310 Å². The van der Waals surface area contributed by atoms with Crippen molar-refractivity contribution in [2.24, 2.45) is 22.2 Å². The second kappa shape index (κ2) is 17.7. The normalized spacial score (nSPS) is 13.5. The molecule has 0 aromatic heterocycles. The first-order valence-corrected chi connectivity index (χ1v) is 12.9. The summed E-state index contributed by atoms with van der Waals surface area (Å²) in [5.41, 5.74) is 16.8. The fourth-order valence-corrected chi connectivity index (χ4v) is 3.61. The second-order valence-electron chi connectivity index (χ2n) is 9.31. The smallest absolute Gasteiger partial charge is 0.326 e. The summed E-state index contributed by atoms with van der Waals surface area (Å²) in [5.74, 6) is -6.96. The molecule has 0 aliphatic carbocycles. The number of phenolic OH excluding ortho intramolecular Hbond substituents is 1. The van der Waals surface area contributed by atoms with E-state index in [-0.39, 0.29) is 37.5 Å². The van der Waals surface area contributed by atoms with Crippen LogP contribution in [-0.4, -0.2) is 92.7 Å². The lowest BCUT2D eigenvalue weighted by Crippen LogP contribution is -2.57. The molecule has 0 bridgehead atoms. The Morgan fingerprint density at radius 1 is 0.738 bits per heavy atom. The number of hydrogen-bond donors (Lipinski definition) is 10. The number of aliphatic carboxylic acids is 3. The number of nitrogens with one attached hydrogen (secondary N) is 3. The number of nitrogens with zero attached hydrogens (tertiary/aromatic N) is 1. The summed E-state index contributed by atoms with van der Waals surface area (Å²) in [4.78, 5) is 76.4. The SMILES string of the molecule is NC(N)=NCCCC(N)C(=O)NC(CCC(=O)O)C(=O)NC(Cc1ccc(O)cc1)C(=O)NC(CCC(=O)O)C(=O)O. The molecule has 0 fully saturated rings. The molecule has 232 valence electrons. The molecular formula is C25H37N7O10. The number of aromatic hydroxyl groups is 1. The number of carboxylic acids is 3. The molecule has 4 atom stereocenters. The Morgan fingerprint density at radius 2 is 1.24 bits per heavy atom. The number of carboxylic acid groups (broad SMARTS) is 3. The minimum atomic E-state index is -1.59. The van der Waals surface area contributed by atoms with Gasteiger partial charge in [0, 0.05) is 25.8 Å². The molecular weight excluding hydrogens is 558 g/mol. The highest BCUT2D eigenvalue weighted by molar-refractivity contribution is 5.94. The van der Waals surface area contributed by atoms with E-state index in [9.17, 15) is 39.0 Å². The first kappa shape index (κ1) is 35.1. The molecule has 0 aliphatic rings. The van der Waals surface area contributed by atoms with Crippen LogP contribution in [0, 0.1) is 0 Å². The Balaban J connectivity index is 3.13. The molecule has 17 nitrogen and oxygen atoms in total. The highest BCUT2D eigenvalue weighted by Gasteiger charge is 2.31. The maximum Gasteiger partial charge on any atom is 0.326 e. The molecule has 17 heteroatoms. The molecule has 0 saturated heterocycles. The van der Waals surface area contributed by atoms with Crippen molar-refractivity contribution in [1.29, 1.82) is 0 Å². The molecule has 4 unspecified atom stereocenters. The van der Waals surface area contributed by atoms with Crippen LogP contribution in [0.15, 0.2) is 29.3 Å². The van der Waals surface area contributed by atoms with E-state index in [0.29, 0.717) is 12.0 Å². The number of hydrogen-bond acceptors (Lipinski definition) is 9. The predicted molar refractivity (Wildman–Crippen MR) is 147 cm³/mol. The highest BCUT2D eigenvalue weighted by atomic mass is 16.4. The van der Waals surface area contributed by atoms with Crippen molar-refractivity contribution >= 4 is 41.6 Å². The van der Waals surface area contributed by atoms with Gasteiger partial charge in [-0.05, 0) is 43.4 Å². The van der Waals surface area contributed by atoms with Gasteiger partial charge in [0.15, 0.2) is 5.96 Å². The van der Waals surface area contributed by atoms with Crippen molar-refractivity contribution in [2.75, 3.05) is 6.54 Å². The lowest BCUT2D eigenvalue weighted by atomic mass is 10.0. The molecule has 0 spiro atoms. The zero-order valence-electron chi connectivity index (χ0n) is 22.7. The number of carbonyl (C=O) groups excluding carboxylic acids is 3. The number of benzene rings is 1. The van der Waals surface area contributed by atoms with Gasteiger partial charge in [0.05, 0.1) is 6.04 Å². The predicted octanol–water partition coefficient (Wildman–Crippen LogP) is -2.42. The van der Waals surface area contributed by atoms with Gasteiger partial charge in [0.1, 0.15) is 23.9 Å². The van der Waals surface area contributed by atoms with E-state index in [1.807, 2.05) is 0 Å². The van der Waals surface area contributed by atoms with Crippen molar-refractivity contribution in [2.45, 2.75) is 69.1 Å². The highest BCUT2D eigenvalue weighted by Crippen LogP contribution is 2.12. The molecule has 0 heterocycles. The van der Waals surface area contributed by atoms with Crippen molar-refractivity contribution in [1.82, 2.24) is 16.0 Å². The Labute approximate surface area is 240 Å². The van der Waals surface area contributed by atoms with Crippen LogP contribution in [0.4, 0.5) is 0 Å². The molecule has 0 saturated carbocycles. The minimum absolute atomic E-state index is 0.0746. The van der Waals surface area contributed by atoms with Crippen molar-refractivity contribution in [3.63, 3.8) is 0 Å². The zero-order chi connectivity index (χ0) is 31.8. The summed E-state index contributed by atoms with van der Waals surface area (Å²) in [6, 6.07) is -0.0145. The van der Waals surface area contributed by atoms with Gasteiger partial charge in [-0.25, -0.2) is 4.79 Å². The summed E-state index contributed by atoms with van der Waals surface area (Å²) in [7, 11) is 0. The first-order chi connectivity index (χ1) is 19.7.